The molecule has 0 saturated carbocycles. The van der Waals surface area contributed by atoms with E-state index in [1.165, 1.54) is 25.5 Å². The second kappa shape index (κ2) is 15.3. The van der Waals surface area contributed by atoms with E-state index in [2.05, 4.69) is 27.6 Å². The van der Waals surface area contributed by atoms with Gasteiger partial charge in [-0.05, 0) is 54.4 Å². The molecule has 0 fully saturated rings. The van der Waals surface area contributed by atoms with Gasteiger partial charge in [0.25, 0.3) is 0 Å². The lowest BCUT2D eigenvalue weighted by Gasteiger charge is -2.12. The molecule has 0 unspecified atom stereocenters. The number of nitrogens with two attached hydrogens (primary N) is 1. The SMILES string of the molecule is CCCCCCOc1ccc(OCCOc2ccc(/C=N\NC(=O)Cc3nnc(N)s3)cc2OC)cc1. The van der Waals surface area contributed by atoms with E-state index < -0.39 is 0 Å². The van der Waals surface area contributed by atoms with Crippen molar-refractivity contribution in [1.29, 1.82) is 0 Å². The van der Waals surface area contributed by atoms with Crippen LogP contribution in [-0.4, -0.2) is 49.2 Å². The number of nitrogens with one attached hydrogen (secondary N) is 1. The molecule has 0 bridgehead atoms. The van der Waals surface area contributed by atoms with Crippen LogP contribution in [0.15, 0.2) is 47.6 Å². The molecule has 3 N–H and O–H groups in total. The summed E-state index contributed by atoms with van der Waals surface area (Å²) in [5.41, 5.74) is 8.70. The van der Waals surface area contributed by atoms with Crippen molar-refractivity contribution in [3.63, 3.8) is 0 Å². The van der Waals surface area contributed by atoms with Crippen LogP contribution >= 0.6 is 11.3 Å². The second-order valence-electron chi connectivity index (χ2n) is 7.99. The number of carbonyl (C=O) groups is 1. The largest absolute Gasteiger partial charge is 0.494 e. The Morgan fingerprint density at radius 3 is 2.38 bits per heavy atom. The number of benzene rings is 2. The van der Waals surface area contributed by atoms with Crippen molar-refractivity contribution in [2.45, 2.75) is 39.0 Å². The van der Waals surface area contributed by atoms with Crippen LogP contribution in [0.25, 0.3) is 0 Å². The Morgan fingerprint density at radius 2 is 1.70 bits per heavy atom. The lowest BCUT2D eigenvalue weighted by atomic mass is 10.2. The molecule has 10 nitrogen and oxygen atoms in total. The van der Waals surface area contributed by atoms with E-state index in [-0.39, 0.29) is 12.3 Å². The molecule has 0 saturated heterocycles. The summed E-state index contributed by atoms with van der Waals surface area (Å²) in [6.45, 7) is 3.64. The summed E-state index contributed by atoms with van der Waals surface area (Å²) in [6.07, 6.45) is 6.29. The fraction of sp³-hybridized carbons (Fsp3) is 0.385. The van der Waals surface area contributed by atoms with E-state index in [4.69, 9.17) is 24.7 Å². The Morgan fingerprint density at radius 1 is 0.973 bits per heavy atom. The van der Waals surface area contributed by atoms with Crippen molar-refractivity contribution in [2.75, 3.05) is 32.7 Å². The monoisotopic (exact) mass is 527 g/mol. The molecule has 37 heavy (non-hydrogen) atoms. The molecule has 1 amide bonds. The van der Waals surface area contributed by atoms with Crippen molar-refractivity contribution < 1.29 is 23.7 Å². The number of aromatic nitrogens is 2. The van der Waals surface area contributed by atoms with Gasteiger partial charge in [0.15, 0.2) is 11.5 Å². The van der Waals surface area contributed by atoms with Crippen molar-refractivity contribution >= 4 is 28.6 Å². The Balaban J connectivity index is 1.38. The van der Waals surface area contributed by atoms with Crippen LogP contribution < -0.4 is 30.1 Å². The molecule has 0 aliphatic carbocycles. The zero-order chi connectivity index (χ0) is 26.3. The average Bonchev–Trinajstić information content (AvgIpc) is 3.31. The van der Waals surface area contributed by atoms with Gasteiger partial charge in [-0.3, -0.25) is 4.79 Å². The number of anilines is 1. The summed E-state index contributed by atoms with van der Waals surface area (Å²) in [5.74, 6) is 2.39. The number of ether oxygens (including phenoxy) is 4. The third kappa shape index (κ3) is 9.96. The number of methoxy groups -OCH3 is 1. The summed E-state index contributed by atoms with van der Waals surface area (Å²) < 4.78 is 22.8. The van der Waals surface area contributed by atoms with Gasteiger partial charge in [0.05, 0.1) is 26.4 Å². The second-order valence-corrected chi connectivity index (χ2v) is 9.09. The van der Waals surface area contributed by atoms with Crippen molar-refractivity contribution in [1.82, 2.24) is 15.6 Å². The highest BCUT2D eigenvalue weighted by Crippen LogP contribution is 2.27. The van der Waals surface area contributed by atoms with Crippen LogP contribution in [0.4, 0.5) is 5.13 Å². The topological polar surface area (TPSA) is 130 Å². The van der Waals surface area contributed by atoms with Crippen LogP contribution in [0, 0.1) is 0 Å². The Bertz CT molecular complexity index is 1140. The summed E-state index contributed by atoms with van der Waals surface area (Å²) in [7, 11) is 1.56. The zero-order valence-electron chi connectivity index (χ0n) is 21.1. The third-order valence-corrected chi connectivity index (χ3v) is 5.84. The molecule has 198 valence electrons. The molecule has 11 heteroatoms. The van der Waals surface area contributed by atoms with E-state index in [0.29, 0.717) is 34.9 Å². The fourth-order valence-corrected chi connectivity index (χ4v) is 3.85. The first-order chi connectivity index (χ1) is 18.1. The van der Waals surface area contributed by atoms with E-state index >= 15 is 0 Å². The highest BCUT2D eigenvalue weighted by Gasteiger charge is 2.08. The number of nitrogen functional groups attached to an aromatic ring is 1. The molecule has 2 aromatic carbocycles. The predicted octanol–water partition coefficient (Wildman–Crippen LogP) is 4.24. The molecule has 1 heterocycles. The number of carbonyl (C=O) groups excluding carboxylic acids is 1. The third-order valence-electron chi connectivity index (χ3n) is 5.08. The summed E-state index contributed by atoms with van der Waals surface area (Å²) in [6, 6.07) is 12.9. The first-order valence-corrected chi connectivity index (χ1v) is 12.9. The maximum Gasteiger partial charge on any atom is 0.247 e. The minimum absolute atomic E-state index is 0.0570. The van der Waals surface area contributed by atoms with Crippen LogP contribution in [0.2, 0.25) is 0 Å². The van der Waals surface area contributed by atoms with Gasteiger partial charge in [-0.2, -0.15) is 5.10 Å². The van der Waals surface area contributed by atoms with Crippen LogP contribution in [-0.2, 0) is 11.2 Å². The highest BCUT2D eigenvalue weighted by atomic mass is 32.1. The normalized spacial score (nSPS) is 10.9. The molecule has 0 aliphatic heterocycles. The number of hydrazone groups is 1. The number of amides is 1. The average molecular weight is 528 g/mol. The van der Waals surface area contributed by atoms with Gasteiger partial charge in [-0.15, -0.1) is 10.2 Å². The zero-order valence-corrected chi connectivity index (χ0v) is 22.0. The number of hydrogen-bond donors (Lipinski definition) is 2. The minimum atomic E-state index is -0.316. The minimum Gasteiger partial charge on any atom is -0.494 e. The van der Waals surface area contributed by atoms with Gasteiger partial charge in [-0.25, -0.2) is 5.43 Å². The van der Waals surface area contributed by atoms with Gasteiger partial charge in [0.2, 0.25) is 11.0 Å². The van der Waals surface area contributed by atoms with Gasteiger partial charge in [0.1, 0.15) is 29.7 Å². The first-order valence-electron chi connectivity index (χ1n) is 12.1. The van der Waals surface area contributed by atoms with E-state index in [9.17, 15) is 4.79 Å². The molecule has 0 aliphatic rings. The Kier molecular flexibility index (Phi) is 11.5. The molecular formula is C26H33N5O5S. The summed E-state index contributed by atoms with van der Waals surface area (Å²) in [4.78, 5) is 11.9. The maximum absolute atomic E-state index is 11.9. The molecule has 0 spiro atoms. The van der Waals surface area contributed by atoms with Crippen LogP contribution in [0.3, 0.4) is 0 Å². The highest BCUT2D eigenvalue weighted by molar-refractivity contribution is 7.15. The molecule has 3 aromatic rings. The smallest absolute Gasteiger partial charge is 0.247 e. The lowest BCUT2D eigenvalue weighted by molar-refractivity contribution is -0.120. The fourth-order valence-electron chi connectivity index (χ4n) is 3.24. The molecule has 0 radical (unpaired) electrons. The van der Waals surface area contributed by atoms with E-state index in [1.54, 1.807) is 25.3 Å². The van der Waals surface area contributed by atoms with E-state index in [1.807, 2.05) is 24.3 Å². The van der Waals surface area contributed by atoms with Gasteiger partial charge in [0, 0.05) is 0 Å². The molecule has 0 atom stereocenters. The first kappa shape index (κ1) is 27.7. The van der Waals surface area contributed by atoms with Gasteiger partial charge in [-0.1, -0.05) is 37.5 Å². The standard InChI is InChI=1S/C26H33N5O5S/c1-3-4-5-6-13-34-20-8-10-21(11-9-20)35-14-15-36-22-12-7-19(16-23(22)33-2)18-28-29-24(32)17-25-30-31-26(27)37-25/h7-12,16,18H,3-6,13-15,17H2,1-2H3,(H2,27,31)(H,29,32)/b28-18-. The number of rotatable bonds is 16. The van der Waals surface area contributed by atoms with E-state index in [0.717, 1.165) is 41.4 Å². The summed E-state index contributed by atoms with van der Waals surface area (Å²) >= 11 is 1.16. The summed E-state index contributed by atoms with van der Waals surface area (Å²) in [5, 5.41) is 12.3. The lowest BCUT2D eigenvalue weighted by Crippen LogP contribution is -2.19. The van der Waals surface area contributed by atoms with Crippen LogP contribution in [0.1, 0.15) is 43.2 Å². The molecule has 1 aromatic heterocycles. The van der Waals surface area contributed by atoms with Gasteiger partial charge < -0.3 is 24.7 Å². The Labute approximate surface area is 220 Å². The van der Waals surface area contributed by atoms with Crippen LogP contribution in [0.5, 0.6) is 23.0 Å². The van der Waals surface area contributed by atoms with Crippen molar-refractivity contribution in [3.05, 3.63) is 53.0 Å². The predicted molar refractivity (Wildman–Crippen MR) is 144 cm³/mol. The Hall–Kier alpha value is -3.86. The molecular weight excluding hydrogens is 494 g/mol. The number of nitrogens with zero attached hydrogens (tertiary/aromatic N) is 3. The maximum atomic E-state index is 11.9. The van der Waals surface area contributed by atoms with Crippen molar-refractivity contribution in [3.8, 4) is 23.0 Å². The van der Waals surface area contributed by atoms with Gasteiger partial charge >= 0.3 is 0 Å². The number of hydrogen-bond acceptors (Lipinski definition) is 10. The van der Waals surface area contributed by atoms with Crippen molar-refractivity contribution in [2.24, 2.45) is 5.10 Å². The quantitative estimate of drug-likeness (QED) is 0.161. The number of unbranched alkanes of at least 4 members (excludes halogenated alkanes) is 3. The molecule has 3 rings (SSSR count).